The predicted molar refractivity (Wildman–Crippen MR) is 252 cm³/mol. The molecule has 0 saturated heterocycles. The highest BCUT2D eigenvalue weighted by atomic mass is 31.2. The number of hydrogen-bond donors (Lipinski definition) is 1. The summed E-state index contributed by atoms with van der Waals surface area (Å²) in [5, 5.41) is 0. The number of esters is 2. The summed E-state index contributed by atoms with van der Waals surface area (Å²) in [5.41, 5.74) is 0. The molecule has 0 heterocycles. The molecule has 0 aliphatic rings. The number of ether oxygens (including phenoxy) is 2. The highest BCUT2D eigenvalue weighted by molar-refractivity contribution is 7.47. The Bertz CT molecular complexity index is 1340. The third-order valence-electron chi connectivity index (χ3n) is 9.13. The second kappa shape index (κ2) is 41.3. The Labute approximate surface area is 366 Å². The number of unbranched alkanes of at least 4 members (excludes halogenated alkanes) is 10. The number of phosphoric ester groups is 1. The molecule has 0 aromatic rings. The average molecular weight is 859 g/mol. The van der Waals surface area contributed by atoms with Gasteiger partial charge in [-0.05, 0) is 77.0 Å². The smallest absolute Gasteiger partial charge is 0.462 e. The van der Waals surface area contributed by atoms with Gasteiger partial charge in [-0.2, -0.15) is 0 Å². The molecule has 0 aromatic heterocycles. The van der Waals surface area contributed by atoms with Gasteiger partial charge in [0.1, 0.15) is 19.8 Å². The number of rotatable bonds is 40. The zero-order valence-corrected chi connectivity index (χ0v) is 39.3. The molecule has 0 spiro atoms. The molecule has 1 N–H and O–H groups in total. The molecule has 0 rings (SSSR count). The van der Waals surface area contributed by atoms with Crippen LogP contribution in [0.2, 0.25) is 0 Å². The van der Waals surface area contributed by atoms with Gasteiger partial charge >= 0.3 is 19.8 Å². The van der Waals surface area contributed by atoms with Crippen molar-refractivity contribution in [3.05, 3.63) is 97.2 Å². The van der Waals surface area contributed by atoms with Gasteiger partial charge in [0, 0.05) is 12.8 Å². The van der Waals surface area contributed by atoms with Crippen LogP contribution in [0.1, 0.15) is 155 Å². The summed E-state index contributed by atoms with van der Waals surface area (Å²) in [6, 6.07) is 0. The highest BCUT2D eigenvalue weighted by Crippen LogP contribution is 2.43. The first-order valence-electron chi connectivity index (χ1n) is 23.0. The summed E-state index contributed by atoms with van der Waals surface area (Å²) in [7, 11) is 1.44. The van der Waals surface area contributed by atoms with E-state index in [2.05, 4.69) is 111 Å². The number of allylic oxidation sites excluding steroid dienone is 16. The Morgan fingerprint density at radius 3 is 1.42 bits per heavy atom. The summed E-state index contributed by atoms with van der Waals surface area (Å²) in [4.78, 5) is 35.2. The summed E-state index contributed by atoms with van der Waals surface area (Å²) in [6.07, 6.45) is 54.9. The third-order valence-corrected chi connectivity index (χ3v) is 10.1. The number of carbonyl (C=O) groups excluding carboxylic acids is 2. The summed E-state index contributed by atoms with van der Waals surface area (Å²) >= 11 is 0. The second-order valence-electron chi connectivity index (χ2n) is 16.1. The molecule has 0 radical (unpaired) electrons. The Hall–Kier alpha value is -3.07. The first kappa shape index (κ1) is 56.9. The molecule has 0 fully saturated rings. The second-order valence-corrected chi connectivity index (χ2v) is 17.5. The maximum Gasteiger partial charge on any atom is 0.472 e. The minimum Gasteiger partial charge on any atom is -0.462 e. The Balaban J connectivity index is 4.25. The van der Waals surface area contributed by atoms with Crippen LogP contribution in [0.4, 0.5) is 0 Å². The van der Waals surface area contributed by atoms with Gasteiger partial charge in [0.15, 0.2) is 6.10 Å². The number of nitrogens with zero attached hydrogens (tertiary/aromatic N) is 1. The highest BCUT2D eigenvalue weighted by Gasteiger charge is 2.27. The van der Waals surface area contributed by atoms with E-state index < -0.39 is 26.5 Å². The zero-order chi connectivity index (χ0) is 44.3. The molecule has 9 nitrogen and oxygen atoms in total. The van der Waals surface area contributed by atoms with Gasteiger partial charge in [-0.25, -0.2) is 4.57 Å². The SMILES string of the molecule is CC/C=C\C/C=C\C/C=C\C/C=C\C/C=C\C/C=C\C/C=C\C/C=C\CCCCCCC(=O)OC(COC(=O)CCCCCCCCC)COP(=O)(O)OCC[N+](C)(C)C. The fourth-order valence-electron chi connectivity index (χ4n) is 5.56. The van der Waals surface area contributed by atoms with E-state index in [0.717, 1.165) is 96.3 Å². The molecule has 0 aliphatic carbocycles. The van der Waals surface area contributed by atoms with Crippen molar-refractivity contribution in [3.8, 4) is 0 Å². The van der Waals surface area contributed by atoms with Gasteiger partial charge in [0.25, 0.3) is 0 Å². The van der Waals surface area contributed by atoms with Gasteiger partial charge in [0.2, 0.25) is 0 Å². The Kier molecular flexibility index (Phi) is 39.2. The lowest BCUT2D eigenvalue weighted by molar-refractivity contribution is -0.870. The predicted octanol–water partition coefficient (Wildman–Crippen LogP) is 13.4. The minimum atomic E-state index is -4.38. The molecule has 0 aromatic carbocycles. The standard InChI is InChI=1S/C50H84NO8P/c1-6-8-10-12-14-15-16-17-18-19-20-21-22-23-24-25-26-27-28-29-30-31-32-33-34-35-37-39-41-43-50(53)59-48(47-58-60(54,55)57-45-44-51(3,4)5)46-56-49(52)42-40-38-36-13-11-9-7-2/h8,10,14-15,17-18,20-21,23-24,26-27,29-30,32-33,48H,6-7,9,11-13,16,19,22,25,28,31,34-47H2,1-5H3/p+1/b10-8-,15-14-,18-17-,21-20-,24-23-,27-26-,30-29-,33-32-. The van der Waals surface area contributed by atoms with Gasteiger partial charge < -0.3 is 18.9 Å². The molecule has 0 bridgehead atoms. The Morgan fingerprint density at radius 2 is 0.950 bits per heavy atom. The van der Waals surface area contributed by atoms with Crippen LogP contribution in [-0.2, 0) is 32.7 Å². The molecule has 2 atom stereocenters. The van der Waals surface area contributed by atoms with Crippen LogP contribution in [0.15, 0.2) is 97.2 Å². The molecular weight excluding hydrogens is 774 g/mol. The number of likely N-dealkylation sites (N-methyl/N-ethyl adjacent to an activating group) is 1. The number of hydrogen-bond acceptors (Lipinski definition) is 7. The van der Waals surface area contributed by atoms with Crippen LogP contribution >= 0.6 is 7.82 Å². The van der Waals surface area contributed by atoms with Crippen LogP contribution in [0.5, 0.6) is 0 Å². The summed E-state index contributed by atoms with van der Waals surface area (Å²) in [6.45, 7) is 4.20. The molecule has 0 saturated carbocycles. The van der Waals surface area contributed by atoms with E-state index in [4.69, 9.17) is 18.5 Å². The molecule has 2 unspecified atom stereocenters. The van der Waals surface area contributed by atoms with E-state index in [-0.39, 0.29) is 32.0 Å². The first-order chi connectivity index (χ1) is 29.0. The van der Waals surface area contributed by atoms with Crippen LogP contribution in [0.25, 0.3) is 0 Å². The van der Waals surface area contributed by atoms with E-state index >= 15 is 0 Å². The number of carbonyl (C=O) groups is 2. The number of quaternary nitrogens is 1. The van der Waals surface area contributed by atoms with Crippen molar-refractivity contribution in [1.29, 1.82) is 0 Å². The van der Waals surface area contributed by atoms with E-state index in [1.165, 1.54) is 25.7 Å². The van der Waals surface area contributed by atoms with Crippen LogP contribution in [0.3, 0.4) is 0 Å². The molecule has 0 aliphatic heterocycles. The lowest BCUT2D eigenvalue weighted by Crippen LogP contribution is -2.37. The van der Waals surface area contributed by atoms with Crippen molar-refractivity contribution in [3.63, 3.8) is 0 Å². The van der Waals surface area contributed by atoms with Crippen LogP contribution < -0.4 is 0 Å². The molecule has 10 heteroatoms. The number of phosphoric acid groups is 1. The van der Waals surface area contributed by atoms with Crippen molar-refractivity contribution in [2.45, 2.75) is 161 Å². The molecular formula is C50H85NO8P+. The van der Waals surface area contributed by atoms with E-state index in [0.29, 0.717) is 17.4 Å². The van der Waals surface area contributed by atoms with E-state index in [1.54, 1.807) is 0 Å². The van der Waals surface area contributed by atoms with Crippen LogP contribution in [0, 0.1) is 0 Å². The lowest BCUT2D eigenvalue weighted by Gasteiger charge is -2.24. The zero-order valence-electron chi connectivity index (χ0n) is 38.4. The summed E-state index contributed by atoms with van der Waals surface area (Å²) in [5.74, 6) is -0.844. The van der Waals surface area contributed by atoms with Gasteiger partial charge in [-0.1, -0.05) is 162 Å². The maximum atomic E-state index is 12.7. The van der Waals surface area contributed by atoms with Gasteiger partial charge in [0.05, 0.1) is 27.7 Å². The Morgan fingerprint density at radius 1 is 0.533 bits per heavy atom. The van der Waals surface area contributed by atoms with Crippen molar-refractivity contribution in [2.24, 2.45) is 0 Å². The van der Waals surface area contributed by atoms with Crippen molar-refractivity contribution >= 4 is 19.8 Å². The fraction of sp³-hybridized carbons (Fsp3) is 0.640. The first-order valence-corrected chi connectivity index (χ1v) is 24.5. The average Bonchev–Trinajstić information content (AvgIpc) is 3.20. The minimum absolute atomic E-state index is 0.0216. The molecule has 0 amide bonds. The third kappa shape index (κ3) is 44.5. The van der Waals surface area contributed by atoms with Crippen molar-refractivity contribution in [2.75, 3.05) is 47.5 Å². The quantitative estimate of drug-likeness (QED) is 0.0213. The van der Waals surface area contributed by atoms with E-state index in [1.807, 2.05) is 21.1 Å². The lowest BCUT2D eigenvalue weighted by atomic mass is 10.1. The monoisotopic (exact) mass is 859 g/mol. The van der Waals surface area contributed by atoms with Gasteiger partial charge in [-0.3, -0.25) is 18.6 Å². The fourth-order valence-corrected chi connectivity index (χ4v) is 6.30. The van der Waals surface area contributed by atoms with Crippen LogP contribution in [-0.4, -0.2) is 74.9 Å². The van der Waals surface area contributed by atoms with E-state index in [9.17, 15) is 19.0 Å². The largest absolute Gasteiger partial charge is 0.472 e. The molecule has 342 valence electrons. The normalized spacial score (nSPS) is 14.4. The van der Waals surface area contributed by atoms with Crippen molar-refractivity contribution < 1.29 is 42.1 Å². The summed E-state index contributed by atoms with van der Waals surface area (Å²) < 4.78 is 34.1. The van der Waals surface area contributed by atoms with Crippen molar-refractivity contribution in [1.82, 2.24) is 0 Å². The molecule has 60 heavy (non-hydrogen) atoms. The topological polar surface area (TPSA) is 108 Å². The van der Waals surface area contributed by atoms with Gasteiger partial charge in [-0.15, -0.1) is 0 Å². The maximum absolute atomic E-state index is 12.7.